The second kappa shape index (κ2) is 6.07. The van der Waals surface area contributed by atoms with Gasteiger partial charge in [0.15, 0.2) is 0 Å². The van der Waals surface area contributed by atoms with Crippen molar-refractivity contribution < 1.29 is 0 Å². The molecule has 2 heterocycles. The highest BCUT2D eigenvalue weighted by Gasteiger charge is 2.31. The van der Waals surface area contributed by atoms with Crippen molar-refractivity contribution in [2.24, 2.45) is 0 Å². The molecule has 2 rings (SSSR count). The van der Waals surface area contributed by atoms with Gasteiger partial charge < -0.3 is 5.32 Å². The minimum Gasteiger partial charge on any atom is -0.309 e. The lowest BCUT2D eigenvalue weighted by Crippen LogP contribution is -2.60. The number of fused-ring (bicyclic) bond motifs is 2. The molecule has 2 nitrogen and oxygen atoms in total. The quantitative estimate of drug-likeness (QED) is 0.804. The second-order valence-electron chi connectivity index (χ2n) is 5.08. The SMILES string of the molecule is CCCC(C)N1CC2CCCC(C1)N2.Cl. The first kappa shape index (κ1) is 13.3. The van der Waals surface area contributed by atoms with E-state index in [1.165, 1.54) is 45.2 Å². The van der Waals surface area contributed by atoms with Gasteiger partial charge in [0.05, 0.1) is 0 Å². The van der Waals surface area contributed by atoms with Crippen LogP contribution in [0.25, 0.3) is 0 Å². The Bertz CT molecular complexity index is 174. The molecular formula is C12H25ClN2. The molecule has 0 amide bonds. The van der Waals surface area contributed by atoms with Crippen molar-refractivity contribution in [3.05, 3.63) is 0 Å². The molecule has 0 aromatic rings. The summed E-state index contributed by atoms with van der Waals surface area (Å²) in [6, 6.07) is 2.38. The van der Waals surface area contributed by atoms with Crippen LogP contribution in [0.4, 0.5) is 0 Å². The van der Waals surface area contributed by atoms with Crippen LogP contribution < -0.4 is 5.32 Å². The van der Waals surface area contributed by atoms with Crippen LogP contribution in [0.3, 0.4) is 0 Å². The van der Waals surface area contributed by atoms with E-state index >= 15 is 0 Å². The Morgan fingerprint density at radius 3 is 2.40 bits per heavy atom. The van der Waals surface area contributed by atoms with Gasteiger partial charge in [0.2, 0.25) is 0 Å². The Hall–Kier alpha value is 0.210. The lowest BCUT2D eigenvalue weighted by molar-refractivity contribution is 0.0892. The van der Waals surface area contributed by atoms with Crippen LogP contribution in [-0.2, 0) is 0 Å². The number of likely N-dealkylation sites (tertiary alicyclic amines) is 1. The van der Waals surface area contributed by atoms with Crippen molar-refractivity contribution in [3.63, 3.8) is 0 Å². The minimum atomic E-state index is 0. The molecule has 3 heteroatoms. The molecule has 3 atom stereocenters. The fourth-order valence-corrected chi connectivity index (χ4v) is 3.00. The van der Waals surface area contributed by atoms with E-state index in [0.29, 0.717) is 0 Å². The van der Waals surface area contributed by atoms with Crippen LogP contribution in [0, 0.1) is 0 Å². The fraction of sp³-hybridized carbons (Fsp3) is 1.00. The first-order valence-corrected chi connectivity index (χ1v) is 6.29. The van der Waals surface area contributed by atoms with Crippen molar-refractivity contribution in [1.82, 2.24) is 10.2 Å². The highest BCUT2D eigenvalue weighted by Crippen LogP contribution is 2.21. The van der Waals surface area contributed by atoms with Gasteiger partial charge in [-0.3, -0.25) is 4.90 Å². The molecule has 15 heavy (non-hydrogen) atoms. The number of hydrogen-bond acceptors (Lipinski definition) is 2. The third-order valence-corrected chi connectivity index (χ3v) is 3.82. The summed E-state index contributed by atoms with van der Waals surface area (Å²) in [4.78, 5) is 2.70. The summed E-state index contributed by atoms with van der Waals surface area (Å²) in [6.07, 6.45) is 6.91. The molecule has 1 N–H and O–H groups in total. The molecule has 2 fully saturated rings. The number of nitrogens with zero attached hydrogens (tertiary/aromatic N) is 1. The highest BCUT2D eigenvalue weighted by atomic mass is 35.5. The van der Waals surface area contributed by atoms with E-state index in [0.717, 1.165) is 18.1 Å². The van der Waals surface area contributed by atoms with E-state index in [2.05, 4.69) is 24.1 Å². The third kappa shape index (κ3) is 3.33. The molecule has 0 radical (unpaired) electrons. The van der Waals surface area contributed by atoms with Gasteiger partial charge in [-0.1, -0.05) is 19.8 Å². The molecule has 2 aliphatic rings. The summed E-state index contributed by atoms with van der Waals surface area (Å²) in [5, 5.41) is 3.74. The van der Waals surface area contributed by atoms with Gasteiger partial charge in [-0.15, -0.1) is 12.4 Å². The van der Waals surface area contributed by atoms with E-state index in [-0.39, 0.29) is 12.4 Å². The number of halogens is 1. The Morgan fingerprint density at radius 1 is 1.27 bits per heavy atom. The fourth-order valence-electron chi connectivity index (χ4n) is 3.00. The van der Waals surface area contributed by atoms with E-state index in [4.69, 9.17) is 0 Å². The monoisotopic (exact) mass is 232 g/mol. The summed E-state index contributed by atoms with van der Waals surface area (Å²) in [5.74, 6) is 0. The molecule has 0 aromatic heterocycles. The van der Waals surface area contributed by atoms with Crippen molar-refractivity contribution >= 4 is 12.4 Å². The van der Waals surface area contributed by atoms with Crippen molar-refractivity contribution in [2.75, 3.05) is 13.1 Å². The van der Waals surface area contributed by atoms with Crippen molar-refractivity contribution in [1.29, 1.82) is 0 Å². The summed E-state index contributed by atoms with van der Waals surface area (Å²) in [5.41, 5.74) is 0. The van der Waals surface area contributed by atoms with Crippen LogP contribution in [0.15, 0.2) is 0 Å². The number of rotatable bonds is 3. The maximum atomic E-state index is 3.74. The summed E-state index contributed by atoms with van der Waals surface area (Å²) < 4.78 is 0. The lowest BCUT2D eigenvalue weighted by atomic mass is 9.93. The smallest absolute Gasteiger partial charge is 0.0198 e. The molecule has 90 valence electrons. The van der Waals surface area contributed by atoms with Gasteiger partial charge in [0.25, 0.3) is 0 Å². The van der Waals surface area contributed by atoms with E-state index in [1.807, 2.05) is 0 Å². The summed E-state index contributed by atoms with van der Waals surface area (Å²) in [7, 11) is 0. The number of piperazine rings is 1. The van der Waals surface area contributed by atoms with E-state index in [1.54, 1.807) is 0 Å². The second-order valence-corrected chi connectivity index (χ2v) is 5.08. The molecule has 0 aliphatic carbocycles. The number of hydrogen-bond donors (Lipinski definition) is 1. The first-order chi connectivity index (χ1) is 6.79. The van der Waals surface area contributed by atoms with Gasteiger partial charge >= 0.3 is 0 Å². The average molecular weight is 233 g/mol. The molecule has 0 spiro atoms. The summed E-state index contributed by atoms with van der Waals surface area (Å²) in [6.45, 7) is 7.26. The third-order valence-electron chi connectivity index (χ3n) is 3.82. The molecule has 2 saturated heterocycles. The van der Waals surface area contributed by atoms with Gasteiger partial charge in [-0.2, -0.15) is 0 Å². The van der Waals surface area contributed by atoms with Crippen molar-refractivity contribution in [2.45, 2.75) is 64.1 Å². The van der Waals surface area contributed by atoms with E-state index < -0.39 is 0 Å². The van der Waals surface area contributed by atoms with Crippen molar-refractivity contribution in [3.8, 4) is 0 Å². The van der Waals surface area contributed by atoms with Crippen LogP contribution in [0.5, 0.6) is 0 Å². The Balaban J connectivity index is 0.00000112. The molecule has 2 bridgehead atoms. The maximum Gasteiger partial charge on any atom is 0.0198 e. The predicted molar refractivity (Wildman–Crippen MR) is 67.8 cm³/mol. The predicted octanol–water partition coefficient (Wildman–Crippen LogP) is 2.42. The van der Waals surface area contributed by atoms with Gasteiger partial charge in [-0.05, 0) is 26.2 Å². The highest BCUT2D eigenvalue weighted by molar-refractivity contribution is 5.85. The largest absolute Gasteiger partial charge is 0.309 e. The summed E-state index contributed by atoms with van der Waals surface area (Å²) >= 11 is 0. The standard InChI is InChI=1S/C12H24N2.ClH/c1-3-5-10(2)14-8-11-6-4-7-12(9-14)13-11;/h10-13H,3-9H2,1-2H3;1H. The van der Waals surface area contributed by atoms with Gasteiger partial charge in [-0.25, -0.2) is 0 Å². The van der Waals surface area contributed by atoms with E-state index in [9.17, 15) is 0 Å². The van der Waals surface area contributed by atoms with Crippen LogP contribution >= 0.6 is 12.4 Å². The Kier molecular flexibility index (Phi) is 5.37. The van der Waals surface area contributed by atoms with Crippen LogP contribution in [0.2, 0.25) is 0 Å². The maximum absolute atomic E-state index is 3.74. The Morgan fingerprint density at radius 2 is 1.87 bits per heavy atom. The van der Waals surface area contributed by atoms with Crippen LogP contribution in [0.1, 0.15) is 46.0 Å². The average Bonchev–Trinajstić information content (AvgIpc) is 2.17. The van der Waals surface area contributed by atoms with Gasteiger partial charge in [0.1, 0.15) is 0 Å². The molecule has 0 saturated carbocycles. The molecule has 2 aliphatic heterocycles. The lowest BCUT2D eigenvalue weighted by Gasteiger charge is -2.45. The zero-order valence-corrected chi connectivity index (χ0v) is 10.9. The Labute approximate surface area is 100 Å². The number of nitrogens with one attached hydrogen (secondary N) is 1. The van der Waals surface area contributed by atoms with Crippen LogP contribution in [-0.4, -0.2) is 36.1 Å². The molecular weight excluding hydrogens is 208 g/mol. The van der Waals surface area contributed by atoms with Gasteiger partial charge in [0, 0.05) is 31.2 Å². The minimum absolute atomic E-state index is 0. The topological polar surface area (TPSA) is 15.3 Å². The molecule has 3 unspecified atom stereocenters. The number of piperidine rings is 1. The first-order valence-electron chi connectivity index (χ1n) is 6.29. The normalized spacial score (nSPS) is 33.2. The zero-order valence-electron chi connectivity index (χ0n) is 10.0. The zero-order chi connectivity index (χ0) is 9.97. The molecule has 0 aromatic carbocycles.